The van der Waals surface area contributed by atoms with Crippen molar-refractivity contribution in [2.45, 2.75) is 24.5 Å². The summed E-state index contributed by atoms with van der Waals surface area (Å²) in [6.07, 6.45) is 0.910. The van der Waals surface area contributed by atoms with Gasteiger partial charge in [-0.3, -0.25) is 14.3 Å². The third kappa shape index (κ3) is 6.32. The minimum atomic E-state index is -0.0640. The first-order chi connectivity index (χ1) is 14.8. The van der Waals surface area contributed by atoms with E-state index in [0.717, 1.165) is 34.3 Å². The van der Waals surface area contributed by atoms with Crippen LogP contribution in [-0.4, -0.2) is 45.4 Å². The van der Waals surface area contributed by atoms with Crippen LogP contribution in [0, 0.1) is 10.7 Å². The topological polar surface area (TPSA) is 63.1 Å². The normalized spacial score (nSPS) is 12.2. The van der Waals surface area contributed by atoms with Crippen LogP contribution in [0.15, 0.2) is 47.6 Å². The van der Waals surface area contributed by atoms with E-state index in [2.05, 4.69) is 112 Å². The predicted molar refractivity (Wildman–Crippen MR) is 152 cm³/mol. The highest BCUT2D eigenvalue weighted by molar-refractivity contribution is 14.1. The number of amides is 1. The van der Waals surface area contributed by atoms with E-state index in [1.165, 1.54) is 11.8 Å². The lowest BCUT2D eigenvalue weighted by molar-refractivity contribution is -0.113. The molecule has 1 aromatic heterocycles. The average Bonchev–Trinajstić information content (AvgIpc) is 3.13. The SMILES string of the molecule is CC[C@@H](c1nnc(SCC(=O)Nc2c(I)cc(I)cc2I)n1-c1ccccc1)N(C)C. The van der Waals surface area contributed by atoms with Gasteiger partial charge in [-0.05, 0) is 113 Å². The van der Waals surface area contributed by atoms with Crippen LogP contribution in [-0.2, 0) is 4.79 Å². The zero-order valence-corrected chi connectivity index (χ0v) is 24.6. The molecule has 0 saturated heterocycles. The molecule has 0 radical (unpaired) electrons. The van der Waals surface area contributed by atoms with Crippen LogP contribution in [0.25, 0.3) is 5.69 Å². The monoisotopic (exact) mass is 773 g/mol. The number of para-hydroxylation sites is 1. The molecule has 0 fully saturated rings. The third-order valence-electron chi connectivity index (χ3n) is 4.58. The second-order valence-electron chi connectivity index (χ2n) is 6.98. The first-order valence-corrected chi connectivity index (χ1v) is 13.8. The Morgan fingerprint density at radius 2 is 1.77 bits per heavy atom. The lowest BCUT2D eigenvalue weighted by Crippen LogP contribution is -2.23. The molecule has 0 aliphatic carbocycles. The quantitative estimate of drug-likeness (QED) is 0.231. The minimum Gasteiger partial charge on any atom is -0.324 e. The van der Waals surface area contributed by atoms with Crippen molar-refractivity contribution in [3.63, 3.8) is 0 Å². The molecule has 164 valence electrons. The molecule has 0 aliphatic heterocycles. The highest BCUT2D eigenvalue weighted by atomic mass is 127. The first-order valence-electron chi connectivity index (χ1n) is 9.56. The number of hydrogen-bond donors (Lipinski definition) is 1. The number of anilines is 1. The Labute approximate surface area is 227 Å². The third-order valence-corrected chi connectivity index (χ3v) is 7.84. The van der Waals surface area contributed by atoms with Gasteiger partial charge in [-0.15, -0.1) is 10.2 Å². The number of carbonyl (C=O) groups is 1. The lowest BCUT2D eigenvalue weighted by Gasteiger charge is -2.23. The molecule has 0 saturated carbocycles. The van der Waals surface area contributed by atoms with Crippen molar-refractivity contribution in [1.29, 1.82) is 0 Å². The number of nitrogens with one attached hydrogen (secondary N) is 1. The van der Waals surface area contributed by atoms with Gasteiger partial charge in [0.2, 0.25) is 5.91 Å². The Morgan fingerprint density at radius 3 is 2.35 bits per heavy atom. The molecule has 2 aromatic carbocycles. The van der Waals surface area contributed by atoms with Crippen molar-refractivity contribution < 1.29 is 4.79 Å². The molecule has 1 amide bonds. The number of aromatic nitrogens is 3. The van der Waals surface area contributed by atoms with Gasteiger partial charge in [0, 0.05) is 16.4 Å². The molecule has 1 heterocycles. The number of halogens is 3. The molecule has 0 unspecified atom stereocenters. The molecule has 0 spiro atoms. The zero-order chi connectivity index (χ0) is 22.5. The van der Waals surface area contributed by atoms with Crippen LogP contribution in [0.2, 0.25) is 0 Å². The van der Waals surface area contributed by atoms with Gasteiger partial charge in [0.15, 0.2) is 11.0 Å². The van der Waals surface area contributed by atoms with Gasteiger partial charge in [0.1, 0.15) is 0 Å². The van der Waals surface area contributed by atoms with Crippen molar-refractivity contribution in [2.75, 3.05) is 25.2 Å². The summed E-state index contributed by atoms with van der Waals surface area (Å²) >= 11 is 8.19. The van der Waals surface area contributed by atoms with Crippen LogP contribution in [0.5, 0.6) is 0 Å². The number of benzene rings is 2. The molecular formula is C21H22I3N5OS. The van der Waals surface area contributed by atoms with E-state index >= 15 is 0 Å². The smallest absolute Gasteiger partial charge is 0.234 e. The average molecular weight is 773 g/mol. The summed E-state index contributed by atoms with van der Waals surface area (Å²) in [7, 11) is 4.09. The summed E-state index contributed by atoms with van der Waals surface area (Å²) in [4.78, 5) is 14.9. The van der Waals surface area contributed by atoms with Crippen LogP contribution >= 0.6 is 79.5 Å². The molecule has 31 heavy (non-hydrogen) atoms. The summed E-state index contributed by atoms with van der Waals surface area (Å²) in [5, 5.41) is 12.7. The van der Waals surface area contributed by atoms with E-state index in [1.807, 2.05) is 44.4 Å². The van der Waals surface area contributed by atoms with E-state index in [9.17, 15) is 4.79 Å². The number of nitrogens with zero attached hydrogens (tertiary/aromatic N) is 4. The lowest BCUT2D eigenvalue weighted by atomic mass is 10.2. The Kier molecular flexibility index (Phi) is 9.43. The standard InChI is InChI=1S/C21H22I3N5OS/c1-4-17(28(2)3)20-26-27-21(29(20)14-8-6-5-7-9-14)31-12-18(30)25-19-15(23)10-13(22)11-16(19)24/h5-11,17H,4,12H2,1-3H3,(H,25,30)/t17-/m0/s1. The van der Waals surface area contributed by atoms with Crippen LogP contribution in [0.3, 0.4) is 0 Å². The summed E-state index contributed by atoms with van der Waals surface area (Å²) in [6, 6.07) is 14.3. The largest absolute Gasteiger partial charge is 0.324 e. The highest BCUT2D eigenvalue weighted by Gasteiger charge is 2.23. The Morgan fingerprint density at radius 1 is 1.13 bits per heavy atom. The van der Waals surface area contributed by atoms with E-state index < -0.39 is 0 Å². The fourth-order valence-corrected chi connectivity index (χ4v) is 7.77. The fraction of sp³-hybridized carbons (Fsp3) is 0.286. The Balaban J connectivity index is 1.83. The molecule has 3 aromatic rings. The summed E-state index contributed by atoms with van der Waals surface area (Å²) < 4.78 is 5.26. The maximum absolute atomic E-state index is 12.7. The van der Waals surface area contributed by atoms with Crippen molar-refractivity contribution in [2.24, 2.45) is 0 Å². The maximum Gasteiger partial charge on any atom is 0.234 e. The van der Waals surface area contributed by atoms with E-state index in [0.29, 0.717) is 5.16 Å². The van der Waals surface area contributed by atoms with Crippen LogP contribution < -0.4 is 5.32 Å². The number of hydrogen-bond acceptors (Lipinski definition) is 5. The summed E-state index contributed by atoms with van der Waals surface area (Å²) in [5.41, 5.74) is 1.85. The number of thioether (sulfide) groups is 1. The first kappa shape index (κ1) is 25.2. The van der Waals surface area contributed by atoms with Gasteiger partial charge in [-0.25, -0.2) is 0 Å². The van der Waals surface area contributed by atoms with Crippen molar-refractivity contribution in [3.8, 4) is 5.69 Å². The van der Waals surface area contributed by atoms with Gasteiger partial charge in [-0.2, -0.15) is 0 Å². The van der Waals surface area contributed by atoms with Gasteiger partial charge in [-0.1, -0.05) is 36.9 Å². The van der Waals surface area contributed by atoms with E-state index in [1.54, 1.807) is 0 Å². The second-order valence-corrected chi connectivity index (χ2v) is 11.5. The summed E-state index contributed by atoms with van der Waals surface area (Å²) in [6.45, 7) is 2.14. The number of carbonyl (C=O) groups excluding carboxylic acids is 1. The molecule has 1 atom stereocenters. The second kappa shape index (κ2) is 11.6. The van der Waals surface area contributed by atoms with Crippen molar-refractivity contribution in [1.82, 2.24) is 19.7 Å². The van der Waals surface area contributed by atoms with Gasteiger partial charge >= 0.3 is 0 Å². The fourth-order valence-electron chi connectivity index (χ4n) is 3.16. The highest BCUT2D eigenvalue weighted by Crippen LogP contribution is 2.30. The molecule has 0 aliphatic rings. The summed E-state index contributed by atoms with van der Waals surface area (Å²) in [5.74, 6) is 1.07. The molecular weight excluding hydrogens is 751 g/mol. The predicted octanol–water partition coefficient (Wildman–Crippen LogP) is 5.82. The Bertz CT molecular complexity index is 1040. The van der Waals surface area contributed by atoms with E-state index in [4.69, 9.17) is 0 Å². The van der Waals surface area contributed by atoms with Crippen molar-refractivity contribution >= 4 is 91.1 Å². The minimum absolute atomic E-state index is 0.0640. The molecule has 0 bridgehead atoms. The van der Waals surface area contributed by atoms with Crippen LogP contribution in [0.4, 0.5) is 5.69 Å². The Hall–Kier alpha value is -0.450. The van der Waals surface area contributed by atoms with Gasteiger partial charge < -0.3 is 5.32 Å². The molecule has 6 nitrogen and oxygen atoms in total. The molecule has 10 heteroatoms. The van der Waals surface area contributed by atoms with Crippen molar-refractivity contribution in [3.05, 3.63) is 59.0 Å². The van der Waals surface area contributed by atoms with Crippen LogP contribution in [0.1, 0.15) is 25.2 Å². The van der Waals surface area contributed by atoms with E-state index in [-0.39, 0.29) is 17.7 Å². The van der Waals surface area contributed by atoms with Gasteiger partial charge in [0.25, 0.3) is 0 Å². The zero-order valence-electron chi connectivity index (χ0n) is 17.3. The molecule has 3 rings (SSSR count). The molecule has 1 N–H and O–H groups in total. The number of rotatable bonds is 8. The maximum atomic E-state index is 12.7. The van der Waals surface area contributed by atoms with Gasteiger partial charge in [0.05, 0.1) is 17.5 Å².